The number of carbonyl (C=O) groups excluding carboxylic acids is 2. The first-order valence-corrected chi connectivity index (χ1v) is 12.3. The molecule has 0 aliphatic heterocycles. The van der Waals surface area contributed by atoms with Crippen molar-refractivity contribution < 1.29 is 19.5 Å². The highest BCUT2D eigenvalue weighted by molar-refractivity contribution is 6.33. The molecule has 0 bridgehead atoms. The van der Waals surface area contributed by atoms with Gasteiger partial charge in [0.25, 0.3) is 0 Å². The van der Waals surface area contributed by atoms with E-state index in [9.17, 15) is 19.5 Å². The molecule has 3 aromatic rings. The summed E-state index contributed by atoms with van der Waals surface area (Å²) in [6.07, 6.45) is 1.49. The number of carbonyl (C=O) groups is 3. The van der Waals surface area contributed by atoms with E-state index in [1.165, 1.54) is 0 Å². The van der Waals surface area contributed by atoms with Crippen molar-refractivity contribution in [2.45, 2.75) is 46.5 Å². The van der Waals surface area contributed by atoms with Gasteiger partial charge >= 0.3 is 12.0 Å². The number of Topliss-reactive ketones (excluding diaryl/α,β-unsaturated/α-hetero) is 1. The molecule has 0 radical (unpaired) electrons. The molecule has 1 aliphatic carbocycles. The number of benzene rings is 3. The molecule has 0 aromatic heterocycles. The van der Waals surface area contributed by atoms with Crippen LogP contribution in [0.1, 0.15) is 53.2 Å². The summed E-state index contributed by atoms with van der Waals surface area (Å²) in [5.74, 6) is -1.05. The number of aliphatic carboxylic acids is 1. The van der Waals surface area contributed by atoms with Gasteiger partial charge in [-0.3, -0.25) is 9.59 Å². The summed E-state index contributed by atoms with van der Waals surface area (Å²) in [5, 5.41) is 15.4. The topological polar surface area (TPSA) is 95.5 Å². The Labute approximate surface area is 215 Å². The van der Waals surface area contributed by atoms with Gasteiger partial charge in [0.15, 0.2) is 5.78 Å². The molecule has 0 fully saturated rings. The average molecular weight is 505 g/mol. The number of urea groups is 1. The SMILES string of the molecule is CCC1(CC(=O)O)CCc2cc(-c3ccc(NC(=O)Nc4cc(C)cc(C)c4)cc3Cl)ccc2C1=O. The van der Waals surface area contributed by atoms with Crippen molar-refractivity contribution in [3.8, 4) is 11.1 Å². The number of amides is 2. The molecule has 2 amide bonds. The van der Waals surface area contributed by atoms with Crippen LogP contribution in [-0.4, -0.2) is 22.9 Å². The van der Waals surface area contributed by atoms with Crippen LogP contribution in [0.25, 0.3) is 11.1 Å². The number of anilines is 2. The summed E-state index contributed by atoms with van der Waals surface area (Å²) in [6, 6.07) is 16.3. The van der Waals surface area contributed by atoms with Gasteiger partial charge in [-0.25, -0.2) is 4.79 Å². The Balaban J connectivity index is 1.52. The van der Waals surface area contributed by atoms with Crippen LogP contribution >= 0.6 is 11.6 Å². The van der Waals surface area contributed by atoms with E-state index in [2.05, 4.69) is 10.6 Å². The summed E-state index contributed by atoms with van der Waals surface area (Å²) >= 11 is 6.58. The number of carboxylic acids is 1. The number of hydrogen-bond acceptors (Lipinski definition) is 3. The lowest BCUT2D eigenvalue weighted by atomic mass is 9.67. The van der Waals surface area contributed by atoms with E-state index in [-0.39, 0.29) is 18.2 Å². The molecule has 3 aromatic carbocycles. The Hall–Kier alpha value is -3.64. The van der Waals surface area contributed by atoms with Crippen molar-refractivity contribution in [3.05, 3.63) is 81.9 Å². The molecule has 7 heteroatoms. The maximum Gasteiger partial charge on any atom is 0.323 e. The Bertz CT molecular complexity index is 1350. The monoisotopic (exact) mass is 504 g/mol. The first kappa shape index (κ1) is 25.5. The van der Waals surface area contributed by atoms with Crippen molar-refractivity contribution in [3.63, 3.8) is 0 Å². The molecule has 6 nitrogen and oxygen atoms in total. The van der Waals surface area contributed by atoms with Gasteiger partial charge in [-0.1, -0.05) is 48.9 Å². The quantitative estimate of drug-likeness (QED) is 0.329. The van der Waals surface area contributed by atoms with E-state index >= 15 is 0 Å². The molecule has 4 rings (SSSR count). The fourth-order valence-electron chi connectivity index (χ4n) is 5.05. The van der Waals surface area contributed by atoms with Gasteiger partial charge in [-0.15, -0.1) is 0 Å². The van der Waals surface area contributed by atoms with Crippen LogP contribution in [-0.2, 0) is 11.2 Å². The van der Waals surface area contributed by atoms with Crippen LogP contribution in [0.4, 0.5) is 16.2 Å². The van der Waals surface area contributed by atoms with Gasteiger partial charge in [-0.2, -0.15) is 0 Å². The minimum absolute atomic E-state index is 0.0966. The zero-order chi connectivity index (χ0) is 26.0. The lowest BCUT2D eigenvalue weighted by Crippen LogP contribution is -2.37. The normalized spacial score (nSPS) is 16.8. The predicted octanol–water partition coefficient (Wildman–Crippen LogP) is 7.27. The maximum absolute atomic E-state index is 13.2. The van der Waals surface area contributed by atoms with E-state index in [1.54, 1.807) is 18.2 Å². The van der Waals surface area contributed by atoms with Gasteiger partial charge in [0, 0.05) is 27.9 Å². The summed E-state index contributed by atoms with van der Waals surface area (Å²) in [7, 11) is 0. The van der Waals surface area contributed by atoms with Crippen molar-refractivity contribution >= 4 is 40.8 Å². The lowest BCUT2D eigenvalue weighted by Gasteiger charge is -2.35. The van der Waals surface area contributed by atoms with Crippen LogP contribution in [0.15, 0.2) is 54.6 Å². The first-order chi connectivity index (χ1) is 17.1. The number of halogens is 1. The molecule has 1 aliphatic rings. The smallest absolute Gasteiger partial charge is 0.323 e. The number of fused-ring (bicyclic) bond motifs is 1. The highest BCUT2D eigenvalue weighted by Gasteiger charge is 2.42. The second-order valence-corrected chi connectivity index (χ2v) is 9.96. The molecule has 1 unspecified atom stereocenters. The highest BCUT2D eigenvalue weighted by atomic mass is 35.5. The van der Waals surface area contributed by atoms with Gasteiger partial charge in [0.05, 0.1) is 11.4 Å². The fourth-order valence-corrected chi connectivity index (χ4v) is 5.34. The van der Waals surface area contributed by atoms with E-state index in [4.69, 9.17) is 11.6 Å². The van der Waals surface area contributed by atoms with Gasteiger partial charge in [0.1, 0.15) is 0 Å². The van der Waals surface area contributed by atoms with E-state index in [1.807, 2.05) is 57.2 Å². The summed E-state index contributed by atoms with van der Waals surface area (Å²) in [6.45, 7) is 5.82. The molecule has 186 valence electrons. The Morgan fingerprint density at radius 1 is 0.944 bits per heavy atom. The van der Waals surface area contributed by atoms with Crippen LogP contribution < -0.4 is 10.6 Å². The molecule has 0 spiro atoms. The molecule has 0 saturated heterocycles. The second kappa shape index (κ2) is 10.2. The maximum atomic E-state index is 13.2. The molecule has 3 N–H and O–H groups in total. The minimum Gasteiger partial charge on any atom is -0.481 e. The van der Waals surface area contributed by atoms with Crippen LogP contribution in [0.2, 0.25) is 5.02 Å². The Kier molecular flexibility index (Phi) is 7.18. The van der Waals surface area contributed by atoms with Gasteiger partial charge in [-0.05, 0) is 79.6 Å². The van der Waals surface area contributed by atoms with Gasteiger partial charge < -0.3 is 15.7 Å². The van der Waals surface area contributed by atoms with Gasteiger partial charge in [0.2, 0.25) is 0 Å². The van der Waals surface area contributed by atoms with Crippen molar-refractivity contribution in [2.75, 3.05) is 10.6 Å². The third-order valence-corrected chi connectivity index (χ3v) is 7.20. The van der Waals surface area contributed by atoms with Crippen LogP contribution in [0, 0.1) is 19.3 Å². The lowest BCUT2D eigenvalue weighted by molar-refractivity contribution is -0.139. The predicted molar refractivity (Wildman–Crippen MR) is 143 cm³/mol. The van der Waals surface area contributed by atoms with Crippen molar-refractivity contribution in [1.82, 2.24) is 0 Å². The highest BCUT2D eigenvalue weighted by Crippen LogP contribution is 2.42. The Morgan fingerprint density at radius 3 is 2.25 bits per heavy atom. The molecule has 0 heterocycles. The largest absolute Gasteiger partial charge is 0.481 e. The van der Waals surface area contributed by atoms with E-state index < -0.39 is 11.4 Å². The Morgan fingerprint density at radius 2 is 1.61 bits per heavy atom. The number of rotatable bonds is 6. The summed E-state index contributed by atoms with van der Waals surface area (Å²) in [4.78, 5) is 37.1. The number of carboxylic acid groups (broad SMARTS) is 1. The zero-order valence-corrected chi connectivity index (χ0v) is 21.3. The van der Waals surface area contributed by atoms with E-state index in [0.717, 1.165) is 27.8 Å². The number of hydrogen-bond donors (Lipinski definition) is 3. The first-order valence-electron chi connectivity index (χ1n) is 12.0. The van der Waals surface area contributed by atoms with Crippen LogP contribution in [0.3, 0.4) is 0 Å². The minimum atomic E-state index is -0.951. The van der Waals surface area contributed by atoms with Crippen molar-refractivity contribution in [1.29, 1.82) is 0 Å². The number of aryl methyl sites for hydroxylation is 3. The third kappa shape index (κ3) is 5.29. The van der Waals surface area contributed by atoms with E-state index in [0.29, 0.717) is 41.2 Å². The molecule has 1 atom stereocenters. The molecular weight excluding hydrogens is 476 g/mol. The summed E-state index contributed by atoms with van der Waals surface area (Å²) in [5.41, 5.74) is 5.68. The summed E-state index contributed by atoms with van der Waals surface area (Å²) < 4.78 is 0. The van der Waals surface area contributed by atoms with Crippen molar-refractivity contribution in [2.24, 2.45) is 5.41 Å². The number of nitrogens with one attached hydrogen (secondary N) is 2. The molecule has 0 saturated carbocycles. The second-order valence-electron chi connectivity index (χ2n) is 9.56. The molecule has 36 heavy (non-hydrogen) atoms. The zero-order valence-electron chi connectivity index (χ0n) is 20.6. The molecular formula is C29H29ClN2O4. The standard InChI is InChI=1S/C29H29ClN2O4/c1-4-29(16-26(33)34)10-9-20-14-19(5-7-24(20)27(29)35)23-8-6-21(15-25(23)30)31-28(36)32-22-12-17(2)11-18(3)13-22/h5-8,11-15H,4,9-10,16H2,1-3H3,(H,33,34)(H2,31,32,36). The van der Waals surface area contributed by atoms with Crippen LogP contribution in [0.5, 0.6) is 0 Å². The third-order valence-electron chi connectivity index (χ3n) is 6.89. The fraction of sp³-hybridized carbons (Fsp3) is 0.276. The number of ketones is 1. The average Bonchev–Trinajstić information content (AvgIpc) is 2.80.